The van der Waals surface area contributed by atoms with Crippen molar-refractivity contribution in [2.45, 2.75) is 111 Å². The number of carbonyl (C=O) groups excluding carboxylic acids is 3. The number of carboxylic acids is 1. The van der Waals surface area contributed by atoms with Gasteiger partial charge in [0.1, 0.15) is 22.8 Å². The first kappa shape index (κ1) is 47.5. The molecule has 1 unspecified atom stereocenters. The van der Waals surface area contributed by atoms with E-state index in [0.29, 0.717) is 16.7 Å². The topological polar surface area (TPSA) is 191 Å². The van der Waals surface area contributed by atoms with Gasteiger partial charge in [0.15, 0.2) is 11.6 Å². The minimum absolute atomic E-state index is 0.0314. The van der Waals surface area contributed by atoms with Crippen LogP contribution in [0.4, 0.5) is 25.9 Å². The van der Waals surface area contributed by atoms with E-state index < -0.39 is 62.5 Å². The molecule has 0 aliphatic rings. The lowest BCUT2D eigenvalue weighted by molar-refractivity contribution is -0.140. The summed E-state index contributed by atoms with van der Waals surface area (Å²) in [5.41, 5.74) is -3.25. The third-order valence-electron chi connectivity index (χ3n) is 8.16. The molecule has 0 aliphatic carbocycles. The van der Waals surface area contributed by atoms with E-state index in [2.05, 4.69) is 10.2 Å². The Bertz CT molecular complexity index is 2310. The maximum absolute atomic E-state index is 14.3. The zero-order valence-electron chi connectivity index (χ0n) is 35.7. The summed E-state index contributed by atoms with van der Waals surface area (Å²) in [6.45, 7) is 19.2. The number of hydrogen-bond donors (Lipinski definition) is 1. The number of anilines is 2. The van der Waals surface area contributed by atoms with Crippen LogP contribution in [-0.4, -0.2) is 93.4 Å². The number of nitrogens with zero attached hydrogens (tertiary/aromatic N) is 6. The van der Waals surface area contributed by atoms with Crippen LogP contribution in [0.3, 0.4) is 0 Å². The van der Waals surface area contributed by atoms with Crippen molar-refractivity contribution in [2.75, 3.05) is 22.3 Å². The van der Waals surface area contributed by atoms with Crippen molar-refractivity contribution < 1.29 is 46.9 Å². The van der Waals surface area contributed by atoms with E-state index in [1.54, 1.807) is 118 Å². The number of fused-ring (bicyclic) bond motifs is 1. The number of aliphatic carboxylic acids is 1. The molecule has 2 heterocycles. The molecule has 0 radical (unpaired) electrons. The lowest BCUT2D eigenvalue weighted by atomic mass is 9.86. The molecule has 3 amide bonds. The monoisotopic (exact) mass is 890 g/mol. The summed E-state index contributed by atoms with van der Waals surface area (Å²) >= 11 is 12.4. The van der Waals surface area contributed by atoms with Crippen LogP contribution in [0.5, 0.6) is 0 Å². The number of halogens is 2. The Hall–Kier alpha value is -5.13. The fraction of sp³-hybridized carbons (Fsp3) is 0.463. The summed E-state index contributed by atoms with van der Waals surface area (Å²) < 4.78 is 47.7. The number of benzene rings is 2. The van der Waals surface area contributed by atoms with E-state index in [0.717, 1.165) is 14.1 Å². The minimum atomic E-state index is -4.55. The predicted octanol–water partition coefficient (Wildman–Crippen LogP) is 9.34. The van der Waals surface area contributed by atoms with Gasteiger partial charge in [0, 0.05) is 28.2 Å². The van der Waals surface area contributed by atoms with Gasteiger partial charge in [-0.1, -0.05) is 44.0 Å². The Morgan fingerprint density at radius 2 is 1.25 bits per heavy atom. The second kappa shape index (κ2) is 17.5. The highest BCUT2D eigenvalue weighted by Gasteiger charge is 2.44. The van der Waals surface area contributed by atoms with Crippen LogP contribution < -0.4 is 9.21 Å². The minimum Gasteiger partial charge on any atom is -0.480 e. The highest BCUT2D eigenvalue weighted by molar-refractivity contribution is 7.93. The largest absolute Gasteiger partial charge is 0.480 e. The van der Waals surface area contributed by atoms with Crippen molar-refractivity contribution in [1.82, 2.24) is 19.7 Å². The number of carboxylic acid groups (broad SMARTS) is 1. The zero-order valence-corrected chi connectivity index (χ0v) is 38.1. The molecule has 2 aromatic heterocycles. The molecule has 0 saturated heterocycles. The normalized spacial score (nSPS) is 13.0. The van der Waals surface area contributed by atoms with Crippen LogP contribution >= 0.6 is 23.2 Å². The average molecular weight is 892 g/mol. The van der Waals surface area contributed by atoms with Crippen LogP contribution in [0.25, 0.3) is 16.7 Å². The van der Waals surface area contributed by atoms with Gasteiger partial charge >= 0.3 is 24.2 Å². The smallest absolute Gasteiger partial charge is 0.419 e. The van der Waals surface area contributed by atoms with Crippen LogP contribution in [0.15, 0.2) is 65.7 Å². The summed E-state index contributed by atoms with van der Waals surface area (Å²) in [7, 11) is -4.55. The molecule has 0 aliphatic heterocycles. The average Bonchev–Trinajstić information content (AvgIpc) is 3.48. The number of aromatic nitrogens is 3. The molecule has 16 nitrogen and oxygen atoms in total. The van der Waals surface area contributed by atoms with E-state index >= 15 is 0 Å². The Kier molecular flexibility index (Phi) is 13.8. The van der Waals surface area contributed by atoms with Gasteiger partial charge in [-0.25, -0.2) is 32.5 Å². The number of sulfonamides is 1. The molecular formula is C41H52Cl2N6O10S. The second-order valence-electron chi connectivity index (χ2n) is 17.9. The van der Waals surface area contributed by atoms with Crippen molar-refractivity contribution >= 4 is 79.9 Å². The van der Waals surface area contributed by atoms with Gasteiger partial charge in [-0.3, -0.25) is 13.8 Å². The summed E-state index contributed by atoms with van der Waals surface area (Å²) in [6, 6.07) is 11.6. The number of rotatable bonds is 10. The van der Waals surface area contributed by atoms with Gasteiger partial charge in [0.05, 0.1) is 22.6 Å². The summed E-state index contributed by atoms with van der Waals surface area (Å²) in [5.74, 6) is -1.04. The molecule has 326 valence electrons. The fourth-order valence-corrected chi connectivity index (χ4v) is 8.31. The standard InChI is InChI=1S/C41H52Cl2N6O10S/c1-38(2,3)33(34(50)51)49(60(55,56)29-23-26(42)22-27(43)24-29)28-13-14-30-25(21-28)17-18-46(30)31-15-16-32(45-44-31)47(35(52)57-39(4,5)6)19-20-48(36(53)58-40(7,8)9)37(54)59-41(10,11)12/h13-18,21-24,33H,19-20H2,1-12H3,(H,50,51). The molecule has 0 bridgehead atoms. The summed E-state index contributed by atoms with van der Waals surface area (Å²) in [6.07, 6.45) is -1.11. The lowest BCUT2D eigenvalue weighted by Crippen LogP contribution is -2.52. The van der Waals surface area contributed by atoms with Gasteiger partial charge in [0.2, 0.25) is 0 Å². The fourth-order valence-electron chi connectivity index (χ4n) is 5.81. The predicted molar refractivity (Wildman–Crippen MR) is 229 cm³/mol. The van der Waals surface area contributed by atoms with Gasteiger partial charge in [-0.15, -0.1) is 10.2 Å². The molecule has 0 fully saturated rings. The first-order valence-electron chi connectivity index (χ1n) is 18.8. The first-order valence-corrected chi connectivity index (χ1v) is 21.0. The summed E-state index contributed by atoms with van der Waals surface area (Å²) in [5, 5.41) is 19.7. The van der Waals surface area contributed by atoms with E-state index in [1.165, 1.54) is 30.3 Å². The van der Waals surface area contributed by atoms with Crippen molar-refractivity contribution in [3.05, 3.63) is 70.8 Å². The van der Waals surface area contributed by atoms with E-state index in [9.17, 15) is 32.7 Å². The van der Waals surface area contributed by atoms with Crippen LogP contribution in [0.1, 0.15) is 83.1 Å². The molecule has 60 heavy (non-hydrogen) atoms. The Morgan fingerprint density at radius 1 is 0.717 bits per heavy atom. The van der Waals surface area contributed by atoms with Crippen molar-refractivity contribution in [3.63, 3.8) is 0 Å². The zero-order chi connectivity index (χ0) is 45.3. The van der Waals surface area contributed by atoms with E-state index in [1.807, 2.05) is 0 Å². The molecule has 19 heteroatoms. The molecule has 1 atom stereocenters. The number of ether oxygens (including phenoxy) is 3. The van der Waals surface area contributed by atoms with Crippen molar-refractivity contribution in [3.8, 4) is 5.82 Å². The Labute approximate surface area is 360 Å². The number of carbonyl (C=O) groups is 4. The van der Waals surface area contributed by atoms with Crippen molar-refractivity contribution in [2.24, 2.45) is 5.41 Å². The van der Waals surface area contributed by atoms with Gasteiger partial charge < -0.3 is 19.3 Å². The van der Waals surface area contributed by atoms with Gasteiger partial charge in [0.25, 0.3) is 10.0 Å². The molecule has 4 rings (SSSR count). The first-order chi connectivity index (χ1) is 27.4. The molecule has 2 aromatic carbocycles. The molecule has 1 N–H and O–H groups in total. The van der Waals surface area contributed by atoms with E-state index in [4.69, 9.17) is 37.4 Å². The maximum atomic E-state index is 14.3. The van der Waals surface area contributed by atoms with Gasteiger partial charge in [-0.05, 0) is 122 Å². The van der Waals surface area contributed by atoms with Crippen LogP contribution in [0, 0.1) is 5.41 Å². The third kappa shape index (κ3) is 12.0. The molecular weight excluding hydrogens is 839 g/mol. The van der Waals surface area contributed by atoms with Crippen molar-refractivity contribution in [1.29, 1.82) is 0 Å². The van der Waals surface area contributed by atoms with Crippen LogP contribution in [0.2, 0.25) is 10.0 Å². The lowest BCUT2D eigenvalue weighted by Gasteiger charge is -2.37. The highest BCUT2D eigenvalue weighted by Crippen LogP contribution is 2.37. The molecule has 0 spiro atoms. The SMILES string of the molecule is CC(C)(C)OC(=O)N(CCN(C(=O)OC(C)(C)C)c1ccc(-n2ccc3cc(N(C(C(=O)O)C(C)(C)C)S(=O)(=O)c4cc(Cl)cc(Cl)c4)ccc32)nn1)C(=O)OC(C)(C)C. The number of hydrogen-bond acceptors (Lipinski definition) is 11. The third-order valence-corrected chi connectivity index (χ3v) is 10.4. The maximum Gasteiger partial charge on any atom is 0.419 e. The summed E-state index contributed by atoms with van der Waals surface area (Å²) in [4.78, 5) is 54.3. The van der Waals surface area contributed by atoms with Crippen LogP contribution in [-0.2, 0) is 29.0 Å². The van der Waals surface area contributed by atoms with Gasteiger partial charge in [-0.2, -0.15) is 0 Å². The number of imide groups is 1. The molecule has 0 saturated carbocycles. The quantitative estimate of drug-likeness (QED) is 0.149. The number of amides is 3. The Morgan fingerprint density at radius 3 is 1.72 bits per heavy atom. The Balaban J connectivity index is 1.74. The highest BCUT2D eigenvalue weighted by atomic mass is 35.5. The van der Waals surface area contributed by atoms with E-state index in [-0.39, 0.29) is 39.5 Å². The molecule has 4 aromatic rings. The second-order valence-corrected chi connectivity index (χ2v) is 20.6.